The lowest BCUT2D eigenvalue weighted by atomic mass is 10.2. The largest absolute Gasteiger partial charge is 0.374 e. The van der Waals surface area contributed by atoms with E-state index in [9.17, 15) is 4.79 Å². The quantitative estimate of drug-likeness (QED) is 0.935. The third kappa shape index (κ3) is 2.77. The zero-order chi connectivity index (χ0) is 13.1. The molecule has 0 bridgehead atoms. The van der Waals surface area contributed by atoms with E-state index >= 15 is 0 Å². The van der Waals surface area contributed by atoms with Crippen LogP contribution in [0.2, 0.25) is 5.02 Å². The van der Waals surface area contributed by atoms with Crippen LogP contribution in [-0.2, 0) is 6.54 Å². The van der Waals surface area contributed by atoms with Gasteiger partial charge in [-0.15, -0.1) is 10.2 Å². The van der Waals surface area contributed by atoms with Crippen LogP contribution in [0.1, 0.15) is 15.4 Å². The van der Waals surface area contributed by atoms with E-state index in [4.69, 9.17) is 17.3 Å². The molecule has 1 amide bonds. The number of carbonyl (C=O) groups excluding carboxylic acids is 1. The molecule has 0 radical (unpaired) electrons. The lowest BCUT2D eigenvalue weighted by molar-refractivity contribution is 0.0784. The van der Waals surface area contributed by atoms with Crippen molar-refractivity contribution in [3.8, 4) is 0 Å². The lowest BCUT2D eigenvalue weighted by Crippen LogP contribution is -2.26. The second-order valence-electron chi connectivity index (χ2n) is 3.70. The van der Waals surface area contributed by atoms with E-state index in [-0.39, 0.29) is 16.0 Å². The second-order valence-corrected chi connectivity index (χ2v) is 5.11. The number of nitrogen functional groups attached to an aromatic ring is 1. The van der Waals surface area contributed by atoms with Crippen LogP contribution in [0.25, 0.3) is 0 Å². The maximum Gasteiger partial charge on any atom is 0.284 e. The molecular weight excluding hydrogens is 272 g/mol. The van der Waals surface area contributed by atoms with E-state index in [2.05, 4.69) is 10.2 Å². The van der Waals surface area contributed by atoms with E-state index in [1.165, 1.54) is 4.90 Å². The number of halogens is 1. The topological polar surface area (TPSA) is 72.1 Å². The molecule has 0 atom stereocenters. The second kappa shape index (κ2) is 5.32. The van der Waals surface area contributed by atoms with E-state index in [0.29, 0.717) is 11.6 Å². The van der Waals surface area contributed by atoms with Gasteiger partial charge in [0, 0.05) is 18.6 Å². The Morgan fingerprint density at radius 1 is 1.44 bits per heavy atom. The first-order valence-electron chi connectivity index (χ1n) is 5.16. The Bertz CT molecular complexity index is 572. The van der Waals surface area contributed by atoms with Crippen molar-refractivity contribution in [2.24, 2.45) is 0 Å². The summed E-state index contributed by atoms with van der Waals surface area (Å²) in [5, 5.41) is 8.53. The van der Waals surface area contributed by atoms with E-state index in [0.717, 1.165) is 16.9 Å². The molecule has 1 aromatic carbocycles. The highest BCUT2D eigenvalue weighted by atomic mass is 35.5. The van der Waals surface area contributed by atoms with E-state index in [1.807, 2.05) is 18.2 Å². The number of rotatable bonds is 3. The van der Waals surface area contributed by atoms with Gasteiger partial charge in [0.15, 0.2) is 0 Å². The van der Waals surface area contributed by atoms with Crippen LogP contribution in [0, 0.1) is 0 Å². The van der Waals surface area contributed by atoms with Crippen molar-refractivity contribution in [2.45, 2.75) is 6.54 Å². The maximum absolute atomic E-state index is 12.0. The number of carbonyl (C=O) groups is 1. The first kappa shape index (κ1) is 12.8. The Morgan fingerprint density at radius 2 is 2.17 bits per heavy atom. The molecule has 0 aliphatic rings. The minimum Gasteiger partial charge on any atom is -0.374 e. The molecule has 0 fully saturated rings. The van der Waals surface area contributed by atoms with Gasteiger partial charge in [-0.1, -0.05) is 41.1 Å². The zero-order valence-corrected chi connectivity index (χ0v) is 11.2. The van der Waals surface area contributed by atoms with Gasteiger partial charge in [0.2, 0.25) is 10.1 Å². The summed E-state index contributed by atoms with van der Waals surface area (Å²) in [6.45, 7) is 0.415. The van der Waals surface area contributed by atoms with Crippen LogP contribution >= 0.6 is 22.9 Å². The van der Waals surface area contributed by atoms with Crippen molar-refractivity contribution in [1.29, 1.82) is 0 Å². The molecule has 18 heavy (non-hydrogen) atoms. The smallest absolute Gasteiger partial charge is 0.284 e. The fraction of sp³-hybridized carbons (Fsp3) is 0.182. The van der Waals surface area contributed by atoms with Crippen molar-refractivity contribution in [3.05, 3.63) is 39.9 Å². The Balaban J connectivity index is 2.11. The Morgan fingerprint density at radius 3 is 2.78 bits per heavy atom. The molecule has 0 saturated carbocycles. The molecule has 1 aromatic heterocycles. The van der Waals surface area contributed by atoms with Crippen LogP contribution < -0.4 is 5.73 Å². The zero-order valence-electron chi connectivity index (χ0n) is 9.63. The fourth-order valence-electron chi connectivity index (χ4n) is 1.44. The molecule has 94 valence electrons. The summed E-state index contributed by atoms with van der Waals surface area (Å²) in [6, 6.07) is 7.39. The van der Waals surface area contributed by atoms with Crippen molar-refractivity contribution in [3.63, 3.8) is 0 Å². The van der Waals surface area contributed by atoms with Crippen molar-refractivity contribution in [2.75, 3.05) is 12.8 Å². The van der Waals surface area contributed by atoms with Gasteiger partial charge in [0.1, 0.15) is 0 Å². The number of hydrogen-bond acceptors (Lipinski definition) is 5. The number of benzene rings is 1. The Kier molecular flexibility index (Phi) is 3.78. The van der Waals surface area contributed by atoms with Crippen LogP contribution in [0.3, 0.4) is 0 Å². The summed E-state index contributed by atoms with van der Waals surface area (Å²) >= 11 is 7.11. The van der Waals surface area contributed by atoms with Gasteiger partial charge in [-0.25, -0.2) is 0 Å². The monoisotopic (exact) mass is 282 g/mol. The Hall–Kier alpha value is -1.66. The first-order valence-corrected chi connectivity index (χ1v) is 6.35. The highest BCUT2D eigenvalue weighted by Crippen LogP contribution is 2.18. The van der Waals surface area contributed by atoms with Gasteiger partial charge in [-0.2, -0.15) is 0 Å². The lowest BCUT2D eigenvalue weighted by Gasteiger charge is -2.16. The molecule has 2 aromatic rings. The SMILES string of the molecule is CN(Cc1ccccc1Cl)C(=O)c1nnc(N)s1. The normalized spacial score (nSPS) is 10.3. The number of hydrogen-bond donors (Lipinski definition) is 1. The van der Waals surface area contributed by atoms with Crippen molar-refractivity contribution in [1.82, 2.24) is 15.1 Å². The standard InChI is InChI=1S/C11H11ClN4OS/c1-16(6-7-4-2-3-5-8(7)12)10(17)9-14-15-11(13)18-9/h2-5H,6H2,1H3,(H2,13,15). The van der Waals surface area contributed by atoms with Crippen LogP contribution in [-0.4, -0.2) is 28.1 Å². The van der Waals surface area contributed by atoms with Crippen molar-refractivity contribution < 1.29 is 4.79 Å². The summed E-state index contributed by atoms with van der Waals surface area (Å²) < 4.78 is 0. The van der Waals surface area contributed by atoms with E-state index < -0.39 is 0 Å². The molecule has 7 heteroatoms. The molecule has 0 unspecified atom stereocenters. The predicted octanol–water partition coefficient (Wildman–Crippen LogP) is 2.05. The average molecular weight is 283 g/mol. The molecule has 2 rings (SSSR count). The summed E-state index contributed by atoms with van der Waals surface area (Å²) in [5.74, 6) is -0.218. The molecular formula is C11H11ClN4OS. The van der Waals surface area contributed by atoms with Gasteiger partial charge in [0.05, 0.1) is 0 Å². The summed E-state index contributed by atoms with van der Waals surface area (Å²) in [7, 11) is 1.68. The van der Waals surface area contributed by atoms with Gasteiger partial charge in [0.25, 0.3) is 5.91 Å². The molecule has 1 heterocycles. The van der Waals surface area contributed by atoms with Gasteiger partial charge >= 0.3 is 0 Å². The maximum atomic E-state index is 12.0. The van der Waals surface area contributed by atoms with Gasteiger partial charge < -0.3 is 10.6 Å². The summed E-state index contributed by atoms with van der Waals surface area (Å²) in [5.41, 5.74) is 6.33. The minimum atomic E-state index is -0.218. The Labute approximate surface area is 113 Å². The molecule has 0 saturated heterocycles. The molecule has 2 N–H and O–H groups in total. The number of amides is 1. The number of nitrogens with two attached hydrogens (primary N) is 1. The number of nitrogens with zero attached hydrogens (tertiary/aromatic N) is 3. The molecule has 0 aliphatic carbocycles. The van der Waals surface area contributed by atoms with Crippen LogP contribution in [0.5, 0.6) is 0 Å². The molecule has 5 nitrogen and oxygen atoms in total. The fourth-order valence-corrected chi connectivity index (χ4v) is 2.24. The third-order valence-electron chi connectivity index (χ3n) is 2.34. The third-order valence-corrected chi connectivity index (χ3v) is 3.44. The highest BCUT2D eigenvalue weighted by Gasteiger charge is 2.17. The van der Waals surface area contributed by atoms with Crippen LogP contribution in [0.15, 0.2) is 24.3 Å². The van der Waals surface area contributed by atoms with Gasteiger partial charge in [-0.3, -0.25) is 4.79 Å². The summed E-state index contributed by atoms with van der Waals surface area (Å²) in [4.78, 5) is 13.5. The minimum absolute atomic E-state index is 0.218. The number of anilines is 1. The van der Waals surface area contributed by atoms with Gasteiger partial charge in [-0.05, 0) is 11.6 Å². The van der Waals surface area contributed by atoms with E-state index in [1.54, 1.807) is 13.1 Å². The molecule has 0 spiro atoms. The number of aromatic nitrogens is 2. The average Bonchev–Trinajstić information content (AvgIpc) is 2.78. The van der Waals surface area contributed by atoms with Crippen molar-refractivity contribution >= 4 is 34.0 Å². The molecule has 0 aliphatic heterocycles. The predicted molar refractivity (Wildman–Crippen MR) is 71.6 cm³/mol. The highest BCUT2D eigenvalue weighted by molar-refractivity contribution is 7.16. The first-order chi connectivity index (χ1) is 8.58. The summed E-state index contributed by atoms with van der Waals surface area (Å²) in [6.07, 6.45) is 0. The van der Waals surface area contributed by atoms with Crippen LogP contribution in [0.4, 0.5) is 5.13 Å².